The standard InChI is InChI=1S/C23H22F3N6O5P/c1-13-10-15(21-27-12-16-20(30-21)14(2)11-19(29-16)23(24,25)26)4-5-17(13)31(3)22(33)18-6-7-28-32(18)8-9-37-38(34,35)36/h4-7,10-12H,8-9H2,1-3H3,(H2,34,35,36). The zero-order valence-corrected chi connectivity index (χ0v) is 21.2. The van der Waals surface area contributed by atoms with Gasteiger partial charge in [0.05, 0.1) is 24.9 Å². The molecule has 1 aromatic carbocycles. The molecular formula is C23H22F3N6O5P. The number of alkyl halides is 3. The SMILES string of the molecule is Cc1cc(-c2ncc3nc(C(F)(F)F)cc(C)c3n2)ccc1N(C)C(=O)c1ccnn1CCOP(=O)(O)O. The maximum absolute atomic E-state index is 13.1. The van der Waals surface area contributed by atoms with Crippen LogP contribution in [0.3, 0.4) is 0 Å². The Balaban J connectivity index is 1.57. The molecule has 200 valence electrons. The Morgan fingerprint density at radius 3 is 2.53 bits per heavy atom. The summed E-state index contributed by atoms with van der Waals surface area (Å²) in [5.74, 6) is -0.132. The summed E-state index contributed by atoms with van der Waals surface area (Å²) in [6, 6.07) is 7.54. The highest BCUT2D eigenvalue weighted by atomic mass is 31.2. The van der Waals surface area contributed by atoms with Crippen LogP contribution in [0.1, 0.15) is 27.3 Å². The molecule has 0 aliphatic heterocycles. The number of hydrogen-bond donors (Lipinski definition) is 2. The normalized spacial score (nSPS) is 12.2. The molecular weight excluding hydrogens is 528 g/mol. The summed E-state index contributed by atoms with van der Waals surface area (Å²) in [6.07, 6.45) is -1.95. The predicted octanol–water partition coefficient (Wildman–Crippen LogP) is 3.91. The van der Waals surface area contributed by atoms with Crippen LogP contribution in [0.2, 0.25) is 0 Å². The maximum atomic E-state index is 13.1. The average Bonchev–Trinajstić information content (AvgIpc) is 3.30. The van der Waals surface area contributed by atoms with Crippen LogP contribution in [0.5, 0.6) is 0 Å². The molecule has 0 bridgehead atoms. The second kappa shape index (κ2) is 10.2. The van der Waals surface area contributed by atoms with Crippen LogP contribution in [0.4, 0.5) is 18.9 Å². The molecule has 15 heteroatoms. The number of phosphoric acid groups is 1. The number of phosphoric ester groups is 1. The van der Waals surface area contributed by atoms with Gasteiger partial charge in [0, 0.05) is 24.5 Å². The number of amides is 1. The second-order valence-electron chi connectivity index (χ2n) is 8.38. The van der Waals surface area contributed by atoms with Crippen molar-refractivity contribution in [2.45, 2.75) is 26.6 Å². The van der Waals surface area contributed by atoms with Gasteiger partial charge in [-0.1, -0.05) is 0 Å². The molecule has 3 heterocycles. The number of anilines is 1. The summed E-state index contributed by atoms with van der Waals surface area (Å²) < 4.78 is 55.8. The van der Waals surface area contributed by atoms with Gasteiger partial charge in [-0.3, -0.25) is 14.0 Å². The first-order valence-electron chi connectivity index (χ1n) is 11.1. The van der Waals surface area contributed by atoms with Crippen molar-refractivity contribution in [2.24, 2.45) is 0 Å². The molecule has 11 nitrogen and oxygen atoms in total. The van der Waals surface area contributed by atoms with Crippen molar-refractivity contribution in [1.82, 2.24) is 24.7 Å². The van der Waals surface area contributed by atoms with Gasteiger partial charge in [-0.15, -0.1) is 0 Å². The molecule has 0 radical (unpaired) electrons. The summed E-state index contributed by atoms with van der Waals surface area (Å²) in [6.45, 7) is 2.90. The second-order valence-corrected chi connectivity index (χ2v) is 9.62. The number of nitrogens with zero attached hydrogens (tertiary/aromatic N) is 6. The lowest BCUT2D eigenvalue weighted by Gasteiger charge is -2.20. The van der Waals surface area contributed by atoms with E-state index in [0.29, 0.717) is 27.9 Å². The Morgan fingerprint density at radius 1 is 1.13 bits per heavy atom. The minimum atomic E-state index is -4.65. The first kappa shape index (κ1) is 27.3. The number of aromatic nitrogens is 5. The van der Waals surface area contributed by atoms with Gasteiger partial charge >= 0.3 is 14.0 Å². The van der Waals surface area contributed by atoms with Crippen molar-refractivity contribution in [1.29, 1.82) is 0 Å². The van der Waals surface area contributed by atoms with Crippen molar-refractivity contribution < 1.29 is 36.8 Å². The number of aryl methyl sites for hydroxylation is 2. The van der Waals surface area contributed by atoms with E-state index in [2.05, 4.69) is 24.6 Å². The van der Waals surface area contributed by atoms with Gasteiger partial charge < -0.3 is 14.7 Å². The molecule has 4 aromatic rings. The van der Waals surface area contributed by atoms with Gasteiger partial charge in [0.1, 0.15) is 16.9 Å². The van der Waals surface area contributed by atoms with Gasteiger partial charge in [0.25, 0.3) is 5.91 Å². The molecule has 0 saturated heterocycles. The summed E-state index contributed by atoms with van der Waals surface area (Å²) >= 11 is 0. The van der Waals surface area contributed by atoms with Gasteiger partial charge in [0.15, 0.2) is 5.82 Å². The fraction of sp³-hybridized carbons (Fsp3) is 0.261. The molecule has 38 heavy (non-hydrogen) atoms. The summed E-state index contributed by atoms with van der Waals surface area (Å²) in [5.41, 5.74) is 1.66. The van der Waals surface area contributed by atoms with E-state index in [1.54, 1.807) is 32.2 Å². The van der Waals surface area contributed by atoms with Gasteiger partial charge in [-0.05, 0) is 55.3 Å². The number of carbonyl (C=O) groups excluding carboxylic acids is 1. The predicted molar refractivity (Wildman–Crippen MR) is 130 cm³/mol. The molecule has 4 rings (SSSR count). The van der Waals surface area contributed by atoms with Crippen molar-refractivity contribution in [2.75, 3.05) is 18.6 Å². The lowest BCUT2D eigenvalue weighted by atomic mass is 10.1. The summed E-state index contributed by atoms with van der Waals surface area (Å²) in [5, 5.41) is 4.01. The van der Waals surface area contributed by atoms with Gasteiger partial charge in [-0.25, -0.2) is 19.5 Å². The summed E-state index contributed by atoms with van der Waals surface area (Å²) in [4.78, 5) is 44.4. The van der Waals surface area contributed by atoms with E-state index < -0.39 is 25.6 Å². The monoisotopic (exact) mass is 550 g/mol. The van der Waals surface area contributed by atoms with E-state index in [1.165, 1.54) is 35.0 Å². The molecule has 0 unspecified atom stereocenters. The highest BCUT2D eigenvalue weighted by Gasteiger charge is 2.33. The first-order chi connectivity index (χ1) is 17.7. The third-order valence-electron chi connectivity index (χ3n) is 5.65. The van der Waals surface area contributed by atoms with Crippen LogP contribution < -0.4 is 4.90 Å². The molecule has 3 aromatic heterocycles. The van der Waals surface area contributed by atoms with E-state index in [9.17, 15) is 22.5 Å². The number of rotatable bonds is 7. The number of hydrogen-bond acceptors (Lipinski definition) is 7. The fourth-order valence-electron chi connectivity index (χ4n) is 3.86. The minimum Gasteiger partial charge on any atom is -0.310 e. The Morgan fingerprint density at radius 2 is 1.87 bits per heavy atom. The zero-order valence-electron chi connectivity index (χ0n) is 20.3. The lowest BCUT2D eigenvalue weighted by Crippen LogP contribution is -2.29. The van der Waals surface area contributed by atoms with E-state index in [4.69, 9.17) is 9.79 Å². The largest absolute Gasteiger partial charge is 0.469 e. The van der Waals surface area contributed by atoms with Crippen LogP contribution >= 0.6 is 7.82 Å². The van der Waals surface area contributed by atoms with Crippen molar-refractivity contribution >= 4 is 30.5 Å². The smallest absolute Gasteiger partial charge is 0.310 e. The zero-order chi connectivity index (χ0) is 27.8. The molecule has 0 aliphatic carbocycles. The molecule has 0 atom stereocenters. The number of benzene rings is 1. The van der Waals surface area contributed by atoms with E-state index >= 15 is 0 Å². The number of pyridine rings is 1. The molecule has 0 spiro atoms. The Bertz CT molecular complexity index is 1570. The van der Waals surface area contributed by atoms with Crippen LogP contribution in [0.15, 0.2) is 42.7 Å². The van der Waals surface area contributed by atoms with E-state index in [1.807, 2.05) is 0 Å². The topological polar surface area (TPSA) is 144 Å². The van der Waals surface area contributed by atoms with Crippen LogP contribution in [0, 0.1) is 13.8 Å². The van der Waals surface area contributed by atoms with E-state index in [-0.39, 0.29) is 30.2 Å². The number of carbonyl (C=O) groups is 1. The van der Waals surface area contributed by atoms with Gasteiger partial charge in [0.2, 0.25) is 0 Å². The first-order valence-corrected chi connectivity index (χ1v) is 12.6. The van der Waals surface area contributed by atoms with Crippen molar-refractivity contribution in [3.05, 3.63) is 65.2 Å². The highest BCUT2D eigenvalue weighted by molar-refractivity contribution is 7.46. The molecule has 0 aliphatic rings. The molecule has 0 saturated carbocycles. The average molecular weight is 550 g/mol. The molecule has 1 amide bonds. The molecule has 0 fully saturated rings. The number of halogens is 3. The van der Waals surface area contributed by atoms with Crippen molar-refractivity contribution in [3.63, 3.8) is 0 Å². The van der Waals surface area contributed by atoms with E-state index in [0.717, 1.165) is 6.07 Å². The summed E-state index contributed by atoms with van der Waals surface area (Å²) in [7, 11) is -3.08. The van der Waals surface area contributed by atoms with Crippen LogP contribution in [-0.2, 0) is 21.8 Å². The third kappa shape index (κ3) is 5.89. The number of fused-ring (bicyclic) bond motifs is 1. The maximum Gasteiger partial charge on any atom is 0.469 e. The van der Waals surface area contributed by atoms with Crippen LogP contribution in [0.25, 0.3) is 22.4 Å². The fourth-order valence-corrected chi connectivity index (χ4v) is 4.18. The Hall–Kier alpha value is -3.71. The van der Waals surface area contributed by atoms with Crippen molar-refractivity contribution in [3.8, 4) is 11.4 Å². The molecule has 2 N–H and O–H groups in total. The quantitative estimate of drug-likeness (QED) is 0.327. The Kier molecular flexibility index (Phi) is 7.35. The lowest BCUT2D eigenvalue weighted by molar-refractivity contribution is -0.141. The minimum absolute atomic E-state index is 0.0301. The highest BCUT2D eigenvalue weighted by Crippen LogP contribution is 2.35. The van der Waals surface area contributed by atoms with Gasteiger partial charge in [-0.2, -0.15) is 18.3 Å². The van der Waals surface area contributed by atoms with Crippen LogP contribution in [-0.4, -0.2) is 54.1 Å². The third-order valence-corrected chi connectivity index (χ3v) is 6.17. The Labute approximate surface area is 214 Å².